The highest BCUT2D eigenvalue weighted by molar-refractivity contribution is 5.84. The number of unbranched alkanes of at least 4 members (excludes halogenated alkanes) is 3. The molecule has 0 heterocycles. The van der Waals surface area contributed by atoms with Crippen LogP contribution >= 0.6 is 0 Å². The van der Waals surface area contributed by atoms with Crippen LogP contribution in [-0.2, 0) is 19.1 Å². The lowest BCUT2D eigenvalue weighted by Gasteiger charge is -2.31. The van der Waals surface area contributed by atoms with Gasteiger partial charge in [-0.15, -0.1) is 0 Å². The molecule has 1 aliphatic carbocycles. The number of ether oxygens (including phenoxy) is 2. The van der Waals surface area contributed by atoms with Crippen LogP contribution in [0.3, 0.4) is 0 Å². The molecule has 0 spiro atoms. The summed E-state index contributed by atoms with van der Waals surface area (Å²) in [6, 6.07) is 0. The Balaban J connectivity index is 2.56. The number of carbonyl (C=O) groups is 2. The van der Waals surface area contributed by atoms with Crippen LogP contribution in [-0.4, -0.2) is 54.0 Å². The van der Waals surface area contributed by atoms with E-state index in [1.165, 1.54) is 7.11 Å². The van der Waals surface area contributed by atoms with E-state index in [0.29, 0.717) is 6.42 Å². The lowest BCUT2D eigenvalue weighted by atomic mass is 9.87. The molecule has 6 heteroatoms. The van der Waals surface area contributed by atoms with Crippen molar-refractivity contribution in [2.24, 2.45) is 11.8 Å². The van der Waals surface area contributed by atoms with Gasteiger partial charge in [-0.3, -0.25) is 9.59 Å². The first-order chi connectivity index (χ1) is 13.3. The summed E-state index contributed by atoms with van der Waals surface area (Å²) in [5, 5.41) is 20.8. The highest BCUT2D eigenvalue weighted by Gasteiger charge is 2.40. The molecular formula is C22H38O6. The van der Waals surface area contributed by atoms with Gasteiger partial charge in [-0.1, -0.05) is 44.8 Å². The number of carbonyl (C=O) groups excluding carboxylic acids is 2. The van der Waals surface area contributed by atoms with Crippen molar-refractivity contribution in [3.63, 3.8) is 0 Å². The van der Waals surface area contributed by atoms with Gasteiger partial charge in [0.25, 0.3) is 0 Å². The van der Waals surface area contributed by atoms with Crippen molar-refractivity contribution in [2.45, 2.75) is 89.4 Å². The zero-order valence-corrected chi connectivity index (χ0v) is 17.9. The fourth-order valence-electron chi connectivity index (χ4n) is 3.99. The Morgan fingerprint density at radius 2 is 1.96 bits per heavy atom. The topological polar surface area (TPSA) is 93.1 Å². The first-order valence-electron chi connectivity index (χ1n) is 10.5. The molecule has 0 aliphatic heterocycles. The van der Waals surface area contributed by atoms with Crippen LogP contribution in [0.2, 0.25) is 0 Å². The van der Waals surface area contributed by atoms with Crippen LogP contribution in [0.1, 0.15) is 71.6 Å². The van der Waals surface area contributed by atoms with Gasteiger partial charge < -0.3 is 19.7 Å². The summed E-state index contributed by atoms with van der Waals surface area (Å²) < 4.78 is 10.1. The molecule has 0 unspecified atom stereocenters. The number of aliphatic hydroxyl groups excluding tert-OH is 2. The molecular weight excluding hydrogens is 360 g/mol. The summed E-state index contributed by atoms with van der Waals surface area (Å²) >= 11 is 0. The summed E-state index contributed by atoms with van der Waals surface area (Å²) in [6.07, 6.45) is 8.44. The number of aliphatic hydroxyl groups is 2. The van der Waals surface area contributed by atoms with E-state index in [9.17, 15) is 19.8 Å². The second kappa shape index (κ2) is 12.3. The van der Waals surface area contributed by atoms with Gasteiger partial charge in [0, 0.05) is 31.8 Å². The monoisotopic (exact) mass is 398 g/mol. The third-order valence-corrected chi connectivity index (χ3v) is 5.96. The maximum atomic E-state index is 12.3. The molecule has 6 nitrogen and oxygen atoms in total. The highest BCUT2D eigenvalue weighted by atomic mass is 16.5. The zero-order chi connectivity index (χ0) is 21.2. The van der Waals surface area contributed by atoms with Gasteiger partial charge >= 0.3 is 5.97 Å². The Kier molecular flexibility index (Phi) is 10.9. The van der Waals surface area contributed by atoms with E-state index in [1.54, 1.807) is 19.3 Å². The Bertz CT molecular complexity index is 517. The lowest BCUT2D eigenvalue weighted by molar-refractivity contribution is -0.140. The van der Waals surface area contributed by atoms with E-state index >= 15 is 0 Å². The van der Waals surface area contributed by atoms with Gasteiger partial charge in [-0.25, -0.2) is 0 Å². The lowest BCUT2D eigenvalue weighted by Crippen LogP contribution is -2.40. The molecule has 0 aromatic carbocycles. The van der Waals surface area contributed by atoms with Crippen LogP contribution in [0.5, 0.6) is 0 Å². The van der Waals surface area contributed by atoms with E-state index in [0.717, 1.165) is 44.9 Å². The van der Waals surface area contributed by atoms with Crippen molar-refractivity contribution in [3.05, 3.63) is 12.2 Å². The fourth-order valence-corrected chi connectivity index (χ4v) is 3.99. The second-order valence-electron chi connectivity index (χ2n) is 8.05. The predicted molar refractivity (Wildman–Crippen MR) is 108 cm³/mol. The van der Waals surface area contributed by atoms with E-state index < -0.39 is 17.8 Å². The molecule has 0 radical (unpaired) electrons. The molecule has 5 atom stereocenters. The average molecular weight is 399 g/mol. The van der Waals surface area contributed by atoms with E-state index in [4.69, 9.17) is 4.74 Å². The smallest absolute Gasteiger partial charge is 0.305 e. The molecule has 0 aromatic rings. The van der Waals surface area contributed by atoms with E-state index in [-0.39, 0.29) is 30.0 Å². The third-order valence-electron chi connectivity index (χ3n) is 5.96. The highest BCUT2D eigenvalue weighted by Crippen LogP contribution is 2.35. The van der Waals surface area contributed by atoms with Gasteiger partial charge in [0.15, 0.2) is 0 Å². The molecule has 1 rings (SSSR count). The normalized spacial score (nSPS) is 25.8. The van der Waals surface area contributed by atoms with Crippen LogP contribution in [0.15, 0.2) is 12.2 Å². The van der Waals surface area contributed by atoms with Crippen LogP contribution in [0, 0.1) is 11.8 Å². The summed E-state index contributed by atoms with van der Waals surface area (Å²) in [5.41, 5.74) is -0.673. The summed E-state index contributed by atoms with van der Waals surface area (Å²) in [6.45, 7) is 3.90. The average Bonchev–Trinajstić information content (AvgIpc) is 2.94. The summed E-state index contributed by atoms with van der Waals surface area (Å²) in [7, 11) is 2.98. The van der Waals surface area contributed by atoms with Gasteiger partial charge in [-0.05, 0) is 26.2 Å². The van der Waals surface area contributed by atoms with Crippen molar-refractivity contribution >= 4 is 11.8 Å². The molecule has 0 amide bonds. The first kappa shape index (κ1) is 24.8. The zero-order valence-electron chi connectivity index (χ0n) is 17.9. The number of ketones is 1. The number of hydrogen-bond acceptors (Lipinski definition) is 6. The summed E-state index contributed by atoms with van der Waals surface area (Å²) in [5.74, 6) is -0.572. The molecule has 0 aromatic heterocycles. The first-order valence-corrected chi connectivity index (χ1v) is 10.5. The minimum atomic E-state index is -0.792. The van der Waals surface area contributed by atoms with Crippen LogP contribution in [0.4, 0.5) is 0 Å². The summed E-state index contributed by atoms with van der Waals surface area (Å²) in [4.78, 5) is 23.4. The van der Waals surface area contributed by atoms with Crippen molar-refractivity contribution in [1.29, 1.82) is 0 Å². The molecule has 1 fully saturated rings. The predicted octanol–water partition coefficient (Wildman–Crippen LogP) is 3.19. The number of Topliss-reactive ketones (excluding diaryl/α,β-unsaturated/α-hetero) is 1. The van der Waals surface area contributed by atoms with Gasteiger partial charge in [0.2, 0.25) is 0 Å². The van der Waals surface area contributed by atoms with Crippen molar-refractivity contribution in [3.8, 4) is 0 Å². The van der Waals surface area contributed by atoms with E-state index in [2.05, 4.69) is 4.74 Å². The Labute approximate surface area is 169 Å². The van der Waals surface area contributed by atoms with Gasteiger partial charge in [0.05, 0.1) is 18.8 Å². The molecule has 1 aliphatic rings. The number of rotatable bonds is 13. The minimum Gasteiger partial charge on any atom is -0.469 e. The van der Waals surface area contributed by atoms with Crippen LogP contribution in [0.25, 0.3) is 0 Å². The Morgan fingerprint density at radius 1 is 1.29 bits per heavy atom. The van der Waals surface area contributed by atoms with Crippen molar-refractivity contribution < 1.29 is 29.3 Å². The number of methoxy groups -OCH3 is 2. The third kappa shape index (κ3) is 7.30. The number of esters is 1. The quantitative estimate of drug-likeness (QED) is 0.281. The van der Waals surface area contributed by atoms with Crippen molar-refractivity contribution in [1.82, 2.24) is 0 Å². The maximum Gasteiger partial charge on any atom is 0.305 e. The fraction of sp³-hybridized carbons (Fsp3) is 0.818. The molecule has 1 saturated carbocycles. The molecule has 0 bridgehead atoms. The SMILES string of the molecule is CCC[C@@](C)(OC)[C@H](O)/C=C/[C@H]1[C@H](O)CC(=O)[C@@H]1CCCCCCC(=O)OC. The molecule has 28 heavy (non-hydrogen) atoms. The Morgan fingerprint density at radius 3 is 2.57 bits per heavy atom. The van der Waals surface area contributed by atoms with Crippen LogP contribution < -0.4 is 0 Å². The van der Waals surface area contributed by atoms with Gasteiger partial charge in [-0.2, -0.15) is 0 Å². The second-order valence-corrected chi connectivity index (χ2v) is 8.05. The molecule has 2 N–H and O–H groups in total. The maximum absolute atomic E-state index is 12.3. The number of hydrogen-bond donors (Lipinski definition) is 2. The minimum absolute atomic E-state index is 0.0919. The standard InChI is InChI=1S/C22H38O6/c1-5-14-22(2,28-4)20(25)13-12-17-16(18(23)15-19(17)24)10-8-6-7-9-11-21(26)27-3/h12-13,16-17,19-20,24-25H,5-11,14-15H2,1-4H3/b13-12+/t16-,17-,19-,20-,22-/m1/s1. The van der Waals surface area contributed by atoms with Gasteiger partial charge in [0.1, 0.15) is 11.9 Å². The Hall–Kier alpha value is -1.24. The molecule has 162 valence electrons. The van der Waals surface area contributed by atoms with Crippen molar-refractivity contribution in [2.75, 3.05) is 14.2 Å². The van der Waals surface area contributed by atoms with E-state index in [1.807, 2.05) is 13.8 Å². The largest absolute Gasteiger partial charge is 0.469 e. The molecule has 0 saturated heterocycles.